The summed E-state index contributed by atoms with van der Waals surface area (Å²) in [6, 6.07) is 8.37. The summed E-state index contributed by atoms with van der Waals surface area (Å²) < 4.78 is 0.640. The number of aryl methyl sites for hydroxylation is 3. The second-order valence-electron chi connectivity index (χ2n) is 3.96. The van der Waals surface area contributed by atoms with Gasteiger partial charge in [-0.2, -0.15) is 0 Å². The maximum absolute atomic E-state index is 4.38. The summed E-state index contributed by atoms with van der Waals surface area (Å²) in [5, 5.41) is 0. The van der Waals surface area contributed by atoms with E-state index in [0.29, 0.717) is 4.73 Å². The van der Waals surface area contributed by atoms with Crippen molar-refractivity contribution in [3.63, 3.8) is 0 Å². The van der Waals surface area contributed by atoms with Crippen molar-refractivity contribution in [2.24, 2.45) is 0 Å². The summed E-state index contributed by atoms with van der Waals surface area (Å²) in [6.45, 7) is 6.19. The normalized spacial score (nSPS) is 10.5. The van der Waals surface area contributed by atoms with E-state index in [2.05, 4.69) is 57.9 Å². The van der Waals surface area contributed by atoms with E-state index in [0.717, 1.165) is 17.0 Å². The van der Waals surface area contributed by atoms with E-state index in [1.54, 1.807) is 0 Å². The molecular formula is C13H13BrN2. The molecule has 0 N–H and O–H groups in total. The van der Waals surface area contributed by atoms with Crippen LogP contribution in [0.4, 0.5) is 0 Å². The fraction of sp³-hybridized carbons (Fsp3) is 0.231. The summed E-state index contributed by atoms with van der Waals surface area (Å²) in [6.07, 6.45) is 0. The van der Waals surface area contributed by atoms with Gasteiger partial charge in [-0.25, -0.2) is 9.97 Å². The molecule has 0 amide bonds. The van der Waals surface area contributed by atoms with Crippen molar-refractivity contribution in [2.75, 3.05) is 0 Å². The van der Waals surface area contributed by atoms with E-state index in [9.17, 15) is 0 Å². The molecule has 0 bridgehead atoms. The molecule has 1 aromatic heterocycles. The molecule has 1 aromatic carbocycles. The Balaban J connectivity index is 2.54. The first-order valence-electron chi connectivity index (χ1n) is 5.15. The van der Waals surface area contributed by atoms with Crippen LogP contribution in [0.5, 0.6) is 0 Å². The van der Waals surface area contributed by atoms with Gasteiger partial charge in [0.2, 0.25) is 0 Å². The minimum Gasteiger partial charge on any atom is -0.227 e. The summed E-state index contributed by atoms with van der Waals surface area (Å²) in [5.74, 6) is 0. The van der Waals surface area contributed by atoms with Crippen LogP contribution in [-0.2, 0) is 0 Å². The van der Waals surface area contributed by atoms with Crippen molar-refractivity contribution in [1.82, 2.24) is 9.97 Å². The van der Waals surface area contributed by atoms with E-state index in [1.165, 1.54) is 11.1 Å². The molecule has 0 aliphatic carbocycles. The molecule has 2 nitrogen and oxygen atoms in total. The van der Waals surface area contributed by atoms with E-state index >= 15 is 0 Å². The van der Waals surface area contributed by atoms with E-state index < -0.39 is 0 Å². The minimum atomic E-state index is 0.640. The van der Waals surface area contributed by atoms with Crippen molar-refractivity contribution in [3.05, 3.63) is 45.8 Å². The summed E-state index contributed by atoms with van der Waals surface area (Å²) in [5.41, 5.74) is 5.64. The van der Waals surface area contributed by atoms with Crippen LogP contribution in [-0.4, -0.2) is 9.97 Å². The van der Waals surface area contributed by atoms with Crippen molar-refractivity contribution in [3.8, 4) is 11.3 Å². The maximum atomic E-state index is 4.38. The van der Waals surface area contributed by atoms with E-state index in [1.807, 2.05) is 13.0 Å². The van der Waals surface area contributed by atoms with Crippen LogP contribution in [0.1, 0.15) is 16.8 Å². The highest BCUT2D eigenvalue weighted by Crippen LogP contribution is 2.22. The molecule has 16 heavy (non-hydrogen) atoms. The second kappa shape index (κ2) is 4.34. The van der Waals surface area contributed by atoms with Crippen LogP contribution in [0.25, 0.3) is 11.3 Å². The molecule has 0 aliphatic rings. The SMILES string of the molecule is Cc1cc(-c2ccc(C)c(C)c2)nc(Br)n1. The van der Waals surface area contributed by atoms with E-state index in [4.69, 9.17) is 0 Å². The molecule has 0 saturated heterocycles. The first-order valence-corrected chi connectivity index (χ1v) is 5.94. The van der Waals surface area contributed by atoms with Gasteiger partial charge in [-0.05, 0) is 60.0 Å². The molecule has 0 atom stereocenters. The summed E-state index contributed by atoms with van der Waals surface area (Å²) in [4.78, 5) is 8.59. The average molecular weight is 277 g/mol. The Morgan fingerprint density at radius 2 is 1.69 bits per heavy atom. The molecule has 2 rings (SSSR count). The Labute approximate surface area is 104 Å². The lowest BCUT2D eigenvalue weighted by molar-refractivity contribution is 1.06. The fourth-order valence-electron chi connectivity index (χ4n) is 1.58. The largest absolute Gasteiger partial charge is 0.227 e. The molecule has 0 spiro atoms. The van der Waals surface area contributed by atoms with Gasteiger partial charge < -0.3 is 0 Å². The first-order chi connectivity index (χ1) is 7.56. The molecular weight excluding hydrogens is 264 g/mol. The molecule has 2 aromatic rings. The number of rotatable bonds is 1. The number of benzene rings is 1. The molecule has 0 aliphatic heterocycles. The molecule has 1 heterocycles. The number of nitrogens with zero attached hydrogens (tertiary/aromatic N) is 2. The predicted octanol–water partition coefficient (Wildman–Crippen LogP) is 3.83. The van der Waals surface area contributed by atoms with Gasteiger partial charge in [0.1, 0.15) is 0 Å². The highest BCUT2D eigenvalue weighted by Gasteiger charge is 2.04. The van der Waals surface area contributed by atoms with Crippen LogP contribution in [0.2, 0.25) is 0 Å². The lowest BCUT2D eigenvalue weighted by Crippen LogP contribution is -1.92. The Kier molecular flexibility index (Phi) is 3.06. The van der Waals surface area contributed by atoms with Crippen LogP contribution < -0.4 is 0 Å². The number of aromatic nitrogens is 2. The van der Waals surface area contributed by atoms with Crippen molar-refractivity contribution in [2.45, 2.75) is 20.8 Å². The van der Waals surface area contributed by atoms with E-state index in [-0.39, 0.29) is 0 Å². The molecule has 0 radical (unpaired) electrons. The third kappa shape index (κ3) is 2.30. The molecule has 0 saturated carbocycles. The zero-order valence-electron chi connectivity index (χ0n) is 9.58. The van der Waals surface area contributed by atoms with Crippen LogP contribution >= 0.6 is 15.9 Å². The zero-order chi connectivity index (χ0) is 11.7. The van der Waals surface area contributed by atoms with Gasteiger partial charge in [0.25, 0.3) is 0 Å². The highest BCUT2D eigenvalue weighted by molar-refractivity contribution is 9.10. The molecule has 0 fully saturated rings. The fourth-order valence-corrected chi connectivity index (χ4v) is 2.05. The van der Waals surface area contributed by atoms with Crippen molar-refractivity contribution < 1.29 is 0 Å². The van der Waals surface area contributed by atoms with Gasteiger partial charge in [-0.15, -0.1) is 0 Å². The average Bonchev–Trinajstić information content (AvgIpc) is 2.20. The third-order valence-corrected chi connectivity index (χ3v) is 2.98. The van der Waals surface area contributed by atoms with Gasteiger partial charge >= 0.3 is 0 Å². The van der Waals surface area contributed by atoms with Gasteiger partial charge in [-0.3, -0.25) is 0 Å². The predicted molar refractivity (Wildman–Crippen MR) is 69.4 cm³/mol. The number of hydrogen-bond donors (Lipinski definition) is 0. The van der Waals surface area contributed by atoms with Gasteiger partial charge in [0.15, 0.2) is 4.73 Å². The number of hydrogen-bond acceptors (Lipinski definition) is 2. The van der Waals surface area contributed by atoms with Crippen LogP contribution in [0.3, 0.4) is 0 Å². The van der Waals surface area contributed by atoms with Crippen LogP contribution in [0, 0.1) is 20.8 Å². The summed E-state index contributed by atoms with van der Waals surface area (Å²) in [7, 11) is 0. The second-order valence-corrected chi connectivity index (χ2v) is 4.67. The third-order valence-electron chi connectivity index (χ3n) is 2.63. The van der Waals surface area contributed by atoms with Crippen molar-refractivity contribution in [1.29, 1.82) is 0 Å². The summed E-state index contributed by atoms with van der Waals surface area (Å²) >= 11 is 3.32. The van der Waals surface area contributed by atoms with Gasteiger partial charge in [0, 0.05) is 11.3 Å². The highest BCUT2D eigenvalue weighted by atomic mass is 79.9. The quantitative estimate of drug-likeness (QED) is 0.740. The Morgan fingerprint density at radius 3 is 2.31 bits per heavy atom. The topological polar surface area (TPSA) is 25.8 Å². The Hall–Kier alpha value is -1.22. The van der Waals surface area contributed by atoms with Crippen LogP contribution in [0.15, 0.2) is 29.0 Å². The van der Waals surface area contributed by atoms with Gasteiger partial charge in [0.05, 0.1) is 5.69 Å². The smallest absolute Gasteiger partial charge is 0.197 e. The van der Waals surface area contributed by atoms with Crippen molar-refractivity contribution >= 4 is 15.9 Å². The minimum absolute atomic E-state index is 0.640. The monoisotopic (exact) mass is 276 g/mol. The molecule has 82 valence electrons. The lowest BCUT2D eigenvalue weighted by Gasteiger charge is -2.05. The maximum Gasteiger partial charge on any atom is 0.197 e. The zero-order valence-corrected chi connectivity index (χ0v) is 11.2. The lowest BCUT2D eigenvalue weighted by atomic mass is 10.0. The first kappa shape index (κ1) is 11.3. The Bertz CT molecular complexity index is 515. The molecule has 3 heteroatoms. The Morgan fingerprint density at radius 1 is 0.938 bits per heavy atom. The molecule has 0 unspecified atom stereocenters. The number of halogens is 1. The standard InChI is InChI=1S/C13H13BrN2/c1-8-4-5-11(6-9(8)2)12-7-10(3)15-13(14)16-12/h4-7H,1-3H3. The van der Waals surface area contributed by atoms with Gasteiger partial charge in [-0.1, -0.05) is 12.1 Å².